The average Bonchev–Trinajstić information content (AvgIpc) is 2.59. The fourth-order valence-corrected chi connectivity index (χ4v) is 7.91. The van der Waals surface area contributed by atoms with Crippen LogP contribution in [0.5, 0.6) is 0 Å². The number of aliphatic hydroxyl groups is 1. The van der Waals surface area contributed by atoms with Crippen molar-refractivity contribution in [2.24, 2.45) is 39.9 Å². The number of Topliss-reactive ketones (excluding diaryl/α,β-unsaturated/α-hetero) is 1. The summed E-state index contributed by atoms with van der Waals surface area (Å²) in [6, 6.07) is 0. The van der Waals surface area contributed by atoms with Crippen molar-refractivity contribution in [2.75, 3.05) is 0 Å². The average molecular weight is 304 g/mol. The third kappa shape index (κ3) is 1.63. The minimum atomic E-state index is -0.255. The first-order valence-electron chi connectivity index (χ1n) is 9.45. The molecule has 0 aliphatic heterocycles. The molecule has 22 heavy (non-hydrogen) atoms. The summed E-state index contributed by atoms with van der Waals surface area (Å²) >= 11 is 0. The Labute approximate surface area is 135 Å². The highest BCUT2D eigenvalue weighted by Gasteiger charge is 2.69. The molecule has 2 heteroatoms. The van der Waals surface area contributed by atoms with E-state index in [1.165, 1.54) is 25.7 Å². The van der Waals surface area contributed by atoms with Crippen LogP contribution in [0.25, 0.3) is 0 Å². The molecule has 0 unspecified atom stereocenters. The van der Waals surface area contributed by atoms with Crippen LogP contribution in [0.2, 0.25) is 0 Å². The van der Waals surface area contributed by atoms with E-state index in [9.17, 15) is 9.90 Å². The van der Waals surface area contributed by atoms with Gasteiger partial charge in [-0.2, -0.15) is 0 Å². The molecule has 0 amide bonds. The van der Waals surface area contributed by atoms with E-state index in [1.807, 2.05) is 0 Å². The number of hydrogen-bond donors (Lipinski definition) is 1. The van der Waals surface area contributed by atoms with Gasteiger partial charge in [-0.3, -0.25) is 4.79 Å². The lowest BCUT2D eigenvalue weighted by Gasteiger charge is -2.64. The smallest absolute Gasteiger partial charge is 0.142 e. The summed E-state index contributed by atoms with van der Waals surface area (Å²) in [7, 11) is 0. The number of aliphatic hydroxyl groups excluding tert-OH is 1. The second kappa shape index (κ2) is 4.37. The standard InChI is InChI=1S/C20H32O2/c1-12-13-10-14(21)16-19(4)8-5-7-18(2,3)15(19)6-9-20(16,11-13)17(12)22/h12-16,21H,5-11H2,1-4H3/t12-,13+,14-,15+,16-,19+,20+/m0/s1. The molecule has 0 saturated heterocycles. The molecule has 0 aromatic carbocycles. The highest BCUT2D eigenvalue weighted by Crippen LogP contribution is 2.71. The number of carbonyl (C=O) groups excluding carboxylic acids is 1. The Morgan fingerprint density at radius 1 is 1.14 bits per heavy atom. The van der Waals surface area contributed by atoms with Gasteiger partial charge in [-0.15, -0.1) is 0 Å². The Morgan fingerprint density at radius 3 is 2.59 bits per heavy atom. The first kappa shape index (κ1) is 15.2. The van der Waals surface area contributed by atoms with Crippen LogP contribution in [0.1, 0.15) is 72.6 Å². The van der Waals surface area contributed by atoms with Gasteiger partial charge < -0.3 is 5.11 Å². The molecule has 4 saturated carbocycles. The van der Waals surface area contributed by atoms with Gasteiger partial charge in [0.2, 0.25) is 0 Å². The van der Waals surface area contributed by atoms with E-state index >= 15 is 0 Å². The first-order valence-corrected chi connectivity index (χ1v) is 9.45. The van der Waals surface area contributed by atoms with E-state index in [2.05, 4.69) is 27.7 Å². The molecule has 4 rings (SSSR count). The van der Waals surface area contributed by atoms with Gasteiger partial charge in [0.15, 0.2) is 0 Å². The Balaban J connectivity index is 1.82. The van der Waals surface area contributed by atoms with Gasteiger partial charge in [-0.1, -0.05) is 34.1 Å². The minimum Gasteiger partial charge on any atom is -0.393 e. The highest BCUT2D eigenvalue weighted by molar-refractivity contribution is 5.90. The summed E-state index contributed by atoms with van der Waals surface area (Å²) in [5, 5.41) is 11.0. The second-order valence-electron chi connectivity index (χ2n) is 9.99. The van der Waals surface area contributed by atoms with Crippen LogP contribution < -0.4 is 0 Å². The number of ketones is 1. The van der Waals surface area contributed by atoms with Crippen molar-refractivity contribution < 1.29 is 9.90 Å². The third-order valence-corrected chi connectivity index (χ3v) is 8.63. The van der Waals surface area contributed by atoms with Crippen LogP contribution in [0.4, 0.5) is 0 Å². The molecule has 1 N–H and O–H groups in total. The van der Waals surface area contributed by atoms with Crippen molar-refractivity contribution in [1.82, 2.24) is 0 Å². The largest absolute Gasteiger partial charge is 0.393 e. The van der Waals surface area contributed by atoms with Gasteiger partial charge in [0.05, 0.1) is 6.10 Å². The van der Waals surface area contributed by atoms with Crippen LogP contribution >= 0.6 is 0 Å². The lowest BCUT2D eigenvalue weighted by molar-refractivity contribution is -0.187. The molecule has 0 aromatic heterocycles. The fourth-order valence-electron chi connectivity index (χ4n) is 7.91. The van der Waals surface area contributed by atoms with Crippen molar-refractivity contribution in [3.05, 3.63) is 0 Å². The summed E-state index contributed by atoms with van der Waals surface area (Å²) in [5.74, 6) is 2.00. The van der Waals surface area contributed by atoms with Gasteiger partial charge in [-0.25, -0.2) is 0 Å². The molecular formula is C20H32O2. The maximum absolute atomic E-state index is 13.2. The van der Waals surface area contributed by atoms with E-state index in [4.69, 9.17) is 0 Å². The Kier molecular flexibility index (Phi) is 3.02. The molecule has 7 atom stereocenters. The second-order valence-corrected chi connectivity index (χ2v) is 9.99. The van der Waals surface area contributed by atoms with Crippen molar-refractivity contribution in [1.29, 1.82) is 0 Å². The third-order valence-electron chi connectivity index (χ3n) is 8.63. The summed E-state index contributed by atoms with van der Waals surface area (Å²) < 4.78 is 0. The summed E-state index contributed by atoms with van der Waals surface area (Å²) in [4.78, 5) is 13.2. The predicted octanol–water partition coefficient (Wildman–Crippen LogP) is 4.21. The molecule has 1 spiro atoms. The highest BCUT2D eigenvalue weighted by atomic mass is 16.3. The van der Waals surface area contributed by atoms with E-state index in [0.29, 0.717) is 23.0 Å². The molecular weight excluding hydrogens is 272 g/mol. The van der Waals surface area contributed by atoms with Crippen LogP contribution in [-0.2, 0) is 4.79 Å². The molecule has 0 radical (unpaired) electrons. The lowest BCUT2D eigenvalue weighted by Crippen LogP contribution is -2.61. The van der Waals surface area contributed by atoms with Crippen LogP contribution in [0.3, 0.4) is 0 Å². The van der Waals surface area contributed by atoms with Gasteiger partial charge >= 0.3 is 0 Å². The van der Waals surface area contributed by atoms with Gasteiger partial charge in [-0.05, 0) is 61.2 Å². The molecule has 0 aromatic rings. The summed E-state index contributed by atoms with van der Waals surface area (Å²) in [6.07, 6.45) is 7.67. The Bertz CT molecular complexity index is 510. The zero-order chi connectivity index (χ0) is 15.9. The number of fused-ring (bicyclic) bond motifs is 3. The molecule has 4 aliphatic rings. The van der Waals surface area contributed by atoms with Gasteiger partial charge in [0.25, 0.3) is 0 Å². The zero-order valence-corrected chi connectivity index (χ0v) is 14.7. The van der Waals surface area contributed by atoms with Crippen molar-refractivity contribution in [3.8, 4) is 0 Å². The normalized spacial score (nSPS) is 56.4. The topological polar surface area (TPSA) is 37.3 Å². The van der Waals surface area contributed by atoms with Crippen molar-refractivity contribution in [3.63, 3.8) is 0 Å². The molecule has 2 bridgehead atoms. The number of rotatable bonds is 0. The quantitative estimate of drug-likeness (QED) is 0.728. The monoisotopic (exact) mass is 304 g/mol. The van der Waals surface area contributed by atoms with Gasteiger partial charge in [0.1, 0.15) is 5.78 Å². The lowest BCUT2D eigenvalue weighted by atomic mass is 9.40. The van der Waals surface area contributed by atoms with Crippen molar-refractivity contribution in [2.45, 2.75) is 78.7 Å². The maximum atomic E-state index is 13.2. The molecule has 4 fully saturated rings. The molecule has 124 valence electrons. The van der Waals surface area contributed by atoms with E-state index in [0.717, 1.165) is 19.3 Å². The van der Waals surface area contributed by atoms with E-state index in [-0.39, 0.29) is 28.8 Å². The van der Waals surface area contributed by atoms with Crippen LogP contribution in [-0.4, -0.2) is 17.0 Å². The summed E-state index contributed by atoms with van der Waals surface area (Å²) in [5.41, 5.74) is 0.336. The molecule has 2 nitrogen and oxygen atoms in total. The SMILES string of the molecule is C[C@@H]1C(=O)[C@@]23CC[C@@H]4C(C)(C)CCC[C@@]4(C)[C@@H]2[C@@H](O)C[C@@H]1C3. The molecule has 0 heterocycles. The minimum absolute atomic E-state index is 0.157. The summed E-state index contributed by atoms with van der Waals surface area (Å²) in [6.45, 7) is 9.38. The van der Waals surface area contributed by atoms with Crippen LogP contribution in [0.15, 0.2) is 0 Å². The van der Waals surface area contributed by atoms with E-state index in [1.54, 1.807) is 0 Å². The maximum Gasteiger partial charge on any atom is 0.142 e. The van der Waals surface area contributed by atoms with Gasteiger partial charge in [0, 0.05) is 17.3 Å². The van der Waals surface area contributed by atoms with Crippen LogP contribution in [0, 0.1) is 39.9 Å². The number of carbonyl (C=O) groups is 1. The Morgan fingerprint density at radius 2 is 1.86 bits per heavy atom. The predicted molar refractivity (Wildman–Crippen MR) is 87.3 cm³/mol. The number of hydrogen-bond acceptors (Lipinski definition) is 2. The zero-order valence-electron chi connectivity index (χ0n) is 14.7. The van der Waals surface area contributed by atoms with E-state index < -0.39 is 0 Å². The Hall–Kier alpha value is -0.370. The first-order chi connectivity index (χ1) is 10.2. The molecule has 4 aliphatic carbocycles. The fraction of sp³-hybridized carbons (Fsp3) is 0.950. The van der Waals surface area contributed by atoms with Crippen molar-refractivity contribution >= 4 is 5.78 Å².